The first-order chi connectivity index (χ1) is 10.4. The number of imidazole rings is 1. The molecule has 21 heavy (non-hydrogen) atoms. The summed E-state index contributed by atoms with van der Waals surface area (Å²) in [5.41, 5.74) is 6.36. The van der Waals surface area contributed by atoms with Gasteiger partial charge in [-0.05, 0) is 35.7 Å². The van der Waals surface area contributed by atoms with Crippen LogP contribution in [0, 0.1) is 0 Å². The van der Waals surface area contributed by atoms with Crippen molar-refractivity contribution in [2.45, 2.75) is 33.0 Å². The highest BCUT2D eigenvalue weighted by Crippen LogP contribution is 2.28. The standard InChI is InChI=1S/C18H19N3/c1-2-9-21-17-6-4-3-5-16(17)20-18(21)13-7-8-14-11-19-12-15(14)10-13/h3-8,10,19H,2,9,11-12H2,1H3. The summed E-state index contributed by atoms with van der Waals surface area (Å²) >= 11 is 0. The lowest BCUT2D eigenvalue weighted by atomic mass is 10.1. The number of aromatic nitrogens is 2. The molecule has 1 aliphatic heterocycles. The Balaban J connectivity index is 1.91. The summed E-state index contributed by atoms with van der Waals surface area (Å²) in [4.78, 5) is 4.87. The van der Waals surface area contributed by atoms with E-state index in [2.05, 4.69) is 59.3 Å². The van der Waals surface area contributed by atoms with E-state index in [-0.39, 0.29) is 0 Å². The zero-order chi connectivity index (χ0) is 14.2. The molecule has 1 N–H and O–H groups in total. The molecule has 0 unspecified atom stereocenters. The molecule has 2 heterocycles. The van der Waals surface area contributed by atoms with Crippen LogP contribution >= 0.6 is 0 Å². The van der Waals surface area contributed by atoms with Crippen LogP contribution in [0.2, 0.25) is 0 Å². The fraction of sp³-hybridized carbons (Fsp3) is 0.278. The van der Waals surface area contributed by atoms with Crippen LogP contribution in [0.4, 0.5) is 0 Å². The Morgan fingerprint density at radius 2 is 1.95 bits per heavy atom. The number of hydrogen-bond acceptors (Lipinski definition) is 2. The van der Waals surface area contributed by atoms with Crippen LogP contribution in [0.3, 0.4) is 0 Å². The van der Waals surface area contributed by atoms with Crippen LogP contribution < -0.4 is 5.32 Å². The molecule has 0 aliphatic carbocycles. The Kier molecular flexibility index (Phi) is 3.00. The molecule has 2 aromatic carbocycles. The Labute approximate surface area is 124 Å². The van der Waals surface area contributed by atoms with Crippen LogP contribution in [0.15, 0.2) is 42.5 Å². The fourth-order valence-electron chi connectivity index (χ4n) is 3.18. The monoisotopic (exact) mass is 277 g/mol. The molecule has 0 amide bonds. The van der Waals surface area contributed by atoms with Gasteiger partial charge >= 0.3 is 0 Å². The smallest absolute Gasteiger partial charge is 0.141 e. The fourth-order valence-corrected chi connectivity index (χ4v) is 3.18. The predicted molar refractivity (Wildman–Crippen MR) is 86.0 cm³/mol. The third-order valence-corrected chi connectivity index (χ3v) is 4.20. The number of aryl methyl sites for hydroxylation is 1. The minimum absolute atomic E-state index is 0.969. The van der Waals surface area contributed by atoms with Gasteiger partial charge in [-0.3, -0.25) is 0 Å². The molecular weight excluding hydrogens is 258 g/mol. The number of nitrogens with one attached hydrogen (secondary N) is 1. The predicted octanol–water partition coefficient (Wildman–Crippen LogP) is 3.72. The van der Waals surface area contributed by atoms with Gasteiger partial charge < -0.3 is 9.88 Å². The quantitative estimate of drug-likeness (QED) is 0.791. The maximum atomic E-state index is 4.87. The summed E-state index contributed by atoms with van der Waals surface area (Å²) in [5.74, 6) is 1.09. The number of nitrogens with zero attached hydrogens (tertiary/aromatic N) is 2. The molecular formula is C18H19N3. The van der Waals surface area contributed by atoms with E-state index in [1.54, 1.807) is 0 Å². The topological polar surface area (TPSA) is 29.9 Å². The van der Waals surface area contributed by atoms with Crippen molar-refractivity contribution in [3.63, 3.8) is 0 Å². The lowest BCUT2D eigenvalue weighted by Crippen LogP contribution is -2.00. The molecule has 1 aromatic heterocycles. The van der Waals surface area contributed by atoms with Gasteiger partial charge in [-0.25, -0.2) is 4.98 Å². The van der Waals surface area contributed by atoms with Crippen LogP contribution in [0.1, 0.15) is 24.5 Å². The van der Waals surface area contributed by atoms with Gasteiger partial charge in [0, 0.05) is 25.2 Å². The Bertz CT molecular complexity index is 801. The highest BCUT2D eigenvalue weighted by atomic mass is 15.1. The van der Waals surface area contributed by atoms with Crippen molar-refractivity contribution in [2.24, 2.45) is 0 Å². The molecule has 0 fully saturated rings. The molecule has 0 atom stereocenters. The molecule has 106 valence electrons. The van der Waals surface area contributed by atoms with Gasteiger partial charge in [0.25, 0.3) is 0 Å². The minimum Gasteiger partial charge on any atom is -0.324 e. The van der Waals surface area contributed by atoms with Crippen molar-refractivity contribution in [1.29, 1.82) is 0 Å². The normalized spacial score (nSPS) is 13.8. The lowest BCUT2D eigenvalue weighted by molar-refractivity contribution is 0.704. The number of fused-ring (bicyclic) bond motifs is 2. The van der Waals surface area contributed by atoms with Gasteiger partial charge in [-0.15, -0.1) is 0 Å². The van der Waals surface area contributed by atoms with E-state index < -0.39 is 0 Å². The first-order valence-electron chi connectivity index (χ1n) is 7.65. The number of rotatable bonds is 3. The zero-order valence-corrected chi connectivity index (χ0v) is 12.3. The van der Waals surface area contributed by atoms with E-state index in [9.17, 15) is 0 Å². The summed E-state index contributed by atoms with van der Waals surface area (Å²) in [6, 6.07) is 15.1. The van der Waals surface area contributed by atoms with Crippen LogP contribution in [-0.4, -0.2) is 9.55 Å². The summed E-state index contributed by atoms with van der Waals surface area (Å²) in [5, 5.41) is 3.41. The van der Waals surface area contributed by atoms with E-state index in [0.29, 0.717) is 0 Å². The van der Waals surface area contributed by atoms with Gasteiger partial charge in [0.2, 0.25) is 0 Å². The van der Waals surface area contributed by atoms with E-state index in [4.69, 9.17) is 4.98 Å². The molecule has 3 nitrogen and oxygen atoms in total. The molecule has 0 saturated carbocycles. The van der Waals surface area contributed by atoms with Crippen molar-refractivity contribution in [3.05, 3.63) is 53.6 Å². The van der Waals surface area contributed by atoms with E-state index in [0.717, 1.165) is 37.4 Å². The zero-order valence-electron chi connectivity index (χ0n) is 12.3. The summed E-state index contributed by atoms with van der Waals surface area (Å²) in [6.07, 6.45) is 1.11. The second-order valence-electron chi connectivity index (χ2n) is 5.66. The Hall–Kier alpha value is -2.13. The lowest BCUT2D eigenvalue weighted by Gasteiger charge is -2.09. The molecule has 0 bridgehead atoms. The van der Waals surface area contributed by atoms with Crippen molar-refractivity contribution < 1.29 is 0 Å². The van der Waals surface area contributed by atoms with Gasteiger partial charge in [0.1, 0.15) is 5.82 Å². The second kappa shape index (κ2) is 5.01. The van der Waals surface area contributed by atoms with Crippen molar-refractivity contribution >= 4 is 11.0 Å². The number of para-hydroxylation sites is 2. The Morgan fingerprint density at radius 1 is 1.10 bits per heavy atom. The molecule has 3 heteroatoms. The SMILES string of the molecule is CCCn1c(-c2ccc3c(c2)CNC3)nc2ccccc21. The molecule has 0 radical (unpaired) electrons. The molecule has 4 rings (SSSR count). The van der Waals surface area contributed by atoms with E-state index >= 15 is 0 Å². The first-order valence-corrected chi connectivity index (χ1v) is 7.65. The Morgan fingerprint density at radius 3 is 2.86 bits per heavy atom. The molecule has 0 spiro atoms. The maximum absolute atomic E-state index is 4.87. The maximum Gasteiger partial charge on any atom is 0.141 e. The van der Waals surface area contributed by atoms with Crippen molar-refractivity contribution in [1.82, 2.24) is 14.9 Å². The van der Waals surface area contributed by atoms with Crippen molar-refractivity contribution in [3.8, 4) is 11.4 Å². The third-order valence-electron chi connectivity index (χ3n) is 4.20. The summed E-state index contributed by atoms with van der Waals surface area (Å²) < 4.78 is 2.35. The molecule has 1 aliphatic rings. The number of benzene rings is 2. The van der Waals surface area contributed by atoms with Crippen LogP contribution in [-0.2, 0) is 19.6 Å². The average molecular weight is 277 g/mol. The second-order valence-corrected chi connectivity index (χ2v) is 5.66. The summed E-state index contributed by atoms with van der Waals surface area (Å²) in [7, 11) is 0. The van der Waals surface area contributed by atoms with Gasteiger partial charge in [0.05, 0.1) is 11.0 Å². The number of hydrogen-bond donors (Lipinski definition) is 1. The van der Waals surface area contributed by atoms with Gasteiger partial charge in [0.15, 0.2) is 0 Å². The van der Waals surface area contributed by atoms with E-state index in [1.807, 2.05) is 0 Å². The first kappa shape index (κ1) is 12.6. The van der Waals surface area contributed by atoms with Gasteiger partial charge in [-0.1, -0.05) is 31.2 Å². The highest BCUT2D eigenvalue weighted by Gasteiger charge is 2.15. The third kappa shape index (κ3) is 2.05. The van der Waals surface area contributed by atoms with E-state index in [1.165, 1.54) is 22.2 Å². The molecule has 0 saturated heterocycles. The highest BCUT2D eigenvalue weighted by molar-refractivity contribution is 5.80. The average Bonchev–Trinajstić information content (AvgIpc) is 3.11. The van der Waals surface area contributed by atoms with Gasteiger partial charge in [-0.2, -0.15) is 0 Å². The van der Waals surface area contributed by atoms with Crippen LogP contribution in [0.5, 0.6) is 0 Å². The summed E-state index contributed by atoms with van der Waals surface area (Å²) in [6.45, 7) is 5.18. The molecule has 3 aromatic rings. The largest absolute Gasteiger partial charge is 0.324 e. The minimum atomic E-state index is 0.969. The van der Waals surface area contributed by atoms with Crippen LogP contribution in [0.25, 0.3) is 22.4 Å². The van der Waals surface area contributed by atoms with Crippen molar-refractivity contribution in [2.75, 3.05) is 0 Å².